The molecule has 0 aliphatic rings. The molecule has 0 atom stereocenters. The summed E-state index contributed by atoms with van der Waals surface area (Å²) in [4.78, 5) is 8.84. The van der Waals surface area contributed by atoms with Gasteiger partial charge in [0.05, 0.1) is 12.3 Å². The summed E-state index contributed by atoms with van der Waals surface area (Å²) in [6.07, 6.45) is 0.500. The fraction of sp³-hybridized carbons (Fsp3) is 0.333. The van der Waals surface area contributed by atoms with Crippen LogP contribution in [0.2, 0.25) is 0 Å². The predicted octanol–water partition coefficient (Wildman–Crippen LogP) is 2.60. The van der Waals surface area contributed by atoms with Crippen molar-refractivity contribution in [2.45, 2.75) is 27.2 Å². The Labute approximate surface area is 108 Å². The van der Waals surface area contributed by atoms with E-state index in [1.54, 1.807) is 0 Å². The van der Waals surface area contributed by atoms with Crippen LogP contribution in [0.1, 0.15) is 22.6 Å². The molecule has 94 valence electrons. The van der Waals surface area contributed by atoms with Crippen molar-refractivity contribution in [2.75, 3.05) is 6.61 Å². The zero-order valence-corrected chi connectivity index (χ0v) is 11.1. The maximum Gasteiger partial charge on any atom is 0.131 e. The maximum absolute atomic E-state index is 8.98. The zero-order valence-electron chi connectivity index (χ0n) is 11.1. The van der Waals surface area contributed by atoms with Crippen LogP contribution in [0.25, 0.3) is 11.3 Å². The Morgan fingerprint density at radius 2 is 1.83 bits per heavy atom. The number of hydrogen-bond donors (Lipinski definition) is 1. The van der Waals surface area contributed by atoms with Gasteiger partial charge in [0.1, 0.15) is 5.82 Å². The Morgan fingerprint density at radius 1 is 1.06 bits per heavy atom. The summed E-state index contributed by atoms with van der Waals surface area (Å²) in [7, 11) is 0. The smallest absolute Gasteiger partial charge is 0.131 e. The van der Waals surface area contributed by atoms with Gasteiger partial charge in [-0.2, -0.15) is 0 Å². The minimum absolute atomic E-state index is 0.0791. The first-order valence-corrected chi connectivity index (χ1v) is 6.13. The Balaban J connectivity index is 2.49. The summed E-state index contributed by atoms with van der Waals surface area (Å²) >= 11 is 0. The average Bonchev–Trinajstić information content (AvgIpc) is 2.28. The molecule has 3 nitrogen and oxygen atoms in total. The van der Waals surface area contributed by atoms with Gasteiger partial charge in [-0.1, -0.05) is 23.8 Å². The first-order valence-electron chi connectivity index (χ1n) is 6.13. The molecule has 0 spiro atoms. The first-order chi connectivity index (χ1) is 8.60. The van der Waals surface area contributed by atoms with Crippen LogP contribution < -0.4 is 0 Å². The summed E-state index contributed by atoms with van der Waals surface area (Å²) in [6, 6.07) is 8.32. The lowest BCUT2D eigenvalue weighted by Crippen LogP contribution is -2.02. The fourth-order valence-electron chi connectivity index (χ4n) is 2.08. The molecule has 0 aliphatic carbocycles. The summed E-state index contributed by atoms with van der Waals surface area (Å²) in [5, 5.41) is 8.98. The molecule has 0 fully saturated rings. The summed E-state index contributed by atoms with van der Waals surface area (Å²) in [5.41, 5.74) is 5.46. The number of aromatic nitrogens is 2. The number of hydrogen-bond acceptors (Lipinski definition) is 3. The van der Waals surface area contributed by atoms with Crippen molar-refractivity contribution in [1.82, 2.24) is 9.97 Å². The number of aliphatic hydroxyl groups is 1. The normalized spacial score (nSPS) is 10.7. The quantitative estimate of drug-likeness (QED) is 0.900. The van der Waals surface area contributed by atoms with Crippen LogP contribution in [0, 0.1) is 20.8 Å². The lowest BCUT2D eigenvalue weighted by molar-refractivity contribution is 0.296. The minimum Gasteiger partial charge on any atom is -0.396 e. The maximum atomic E-state index is 8.98. The molecule has 0 bridgehead atoms. The van der Waals surface area contributed by atoms with Crippen molar-refractivity contribution >= 4 is 0 Å². The number of benzene rings is 1. The van der Waals surface area contributed by atoms with Crippen molar-refractivity contribution in [1.29, 1.82) is 0 Å². The van der Waals surface area contributed by atoms with E-state index in [9.17, 15) is 0 Å². The SMILES string of the molecule is Cc1ccc(-c2cc(C)nc(CCO)n2)c(C)c1. The van der Waals surface area contributed by atoms with Crippen molar-refractivity contribution in [3.05, 3.63) is 46.9 Å². The summed E-state index contributed by atoms with van der Waals surface area (Å²) in [6.45, 7) is 6.20. The molecule has 0 unspecified atom stereocenters. The molecule has 0 radical (unpaired) electrons. The second-order valence-electron chi connectivity index (χ2n) is 4.60. The van der Waals surface area contributed by atoms with E-state index in [0.29, 0.717) is 12.2 Å². The highest BCUT2D eigenvalue weighted by Crippen LogP contribution is 2.23. The van der Waals surface area contributed by atoms with Gasteiger partial charge in [-0.3, -0.25) is 0 Å². The zero-order chi connectivity index (χ0) is 13.1. The molecule has 0 amide bonds. The monoisotopic (exact) mass is 242 g/mol. The number of nitrogens with zero attached hydrogens (tertiary/aromatic N) is 2. The predicted molar refractivity (Wildman–Crippen MR) is 72.5 cm³/mol. The average molecular weight is 242 g/mol. The van der Waals surface area contributed by atoms with E-state index >= 15 is 0 Å². The molecular weight excluding hydrogens is 224 g/mol. The molecule has 1 N–H and O–H groups in total. The molecule has 1 aromatic heterocycles. The molecule has 0 saturated heterocycles. The molecule has 0 aliphatic heterocycles. The Kier molecular flexibility index (Phi) is 3.72. The van der Waals surface area contributed by atoms with Crippen LogP contribution >= 0.6 is 0 Å². The van der Waals surface area contributed by atoms with Gasteiger partial charge in [-0.25, -0.2) is 9.97 Å². The van der Waals surface area contributed by atoms with Crippen LogP contribution in [0.5, 0.6) is 0 Å². The van der Waals surface area contributed by atoms with Crippen molar-refractivity contribution in [3.63, 3.8) is 0 Å². The van der Waals surface area contributed by atoms with Crippen molar-refractivity contribution < 1.29 is 5.11 Å². The van der Waals surface area contributed by atoms with E-state index < -0.39 is 0 Å². The fourth-order valence-corrected chi connectivity index (χ4v) is 2.08. The standard InChI is InChI=1S/C15H18N2O/c1-10-4-5-13(11(2)8-10)14-9-12(3)16-15(17-14)6-7-18/h4-5,8-9,18H,6-7H2,1-3H3. The Bertz CT molecular complexity index is 564. The summed E-state index contributed by atoms with van der Waals surface area (Å²) in [5.74, 6) is 0.701. The van der Waals surface area contributed by atoms with E-state index in [2.05, 4.69) is 42.0 Å². The second-order valence-corrected chi connectivity index (χ2v) is 4.60. The van der Waals surface area contributed by atoms with Gasteiger partial charge in [0, 0.05) is 17.7 Å². The topological polar surface area (TPSA) is 46.0 Å². The third kappa shape index (κ3) is 2.74. The van der Waals surface area contributed by atoms with Crippen LogP contribution in [0.15, 0.2) is 24.3 Å². The largest absolute Gasteiger partial charge is 0.396 e. The molecule has 2 rings (SSSR count). The summed E-state index contributed by atoms with van der Waals surface area (Å²) < 4.78 is 0. The van der Waals surface area contributed by atoms with E-state index in [0.717, 1.165) is 17.0 Å². The Morgan fingerprint density at radius 3 is 2.50 bits per heavy atom. The lowest BCUT2D eigenvalue weighted by Gasteiger charge is -2.09. The number of aryl methyl sites for hydroxylation is 3. The highest BCUT2D eigenvalue weighted by Gasteiger charge is 2.07. The van der Waals surface area contributed by atoms with Crippen LogP contribution in [-0.2, 0) is 6.42 Å². The number of rotatable bonds is 3. The molecule has 0 saturated carbocycles. The van der Waals surface area contributed by atoms with Gasteiger partial charge >= 0.3 is 0 Å². The van der Waals surface area contributed by atoms with E-state index in [1.807, 2.05) is 13.0 Å². The molecule has 18 heavy (non-hydrogen) atoms. The van der Waals surface area contributed by atoms with Gasteiger partial charge in [-0.05, 0) is 32.4 Å². The van der Waals surface area contributed by atoms with E-state index in [4.69, 9.17) is 5.11 Å². The van der Waals surface area contributed by atoms with Gasteiger partial charge in [0.25, 0.3) is 0 Å². The third-order valence-electron chi connectivity index (χ3n) is 2.89. The second kappa shape index (κ2) is 5.27. The molecular formula is C15H18N2O. The van der Waals surface area contributed by atoms with Crippen LogP contribution in [-0.4, -0.2) is 21.7 Å². The number of aliphatic hydroxyl groups excluding tert-OH is 1. The van der Waals surface area contributed by atoms with Crippen molar-refractivity contribution in [3.8, 4) is 11.3 Å². The molecule has 3 heteroatoms. The van der Waals surface area contributed by atoms with Crippen LogP contribution in [0.3, 0.4) is 0 Å². The van der Waals surface area contributed by atoms with E-state index in [-0.39, 0.29) is 6.61 Å². The van der Waals surface area contributed by atoms with Gasteiger partial charge in [0.2, 0.25) is 0 Å². The first kappa shape index (κ1) is 12.7. The van der Waals surface area contributed by atoms with Gasteiger partial charge in [0.15, 0.2) is 0 Å². The minimum atomic E-state index is 0.0791. The molecule has 1 heterocycles. The Hall–Kier alpha value is -1.74. The van der Waals surface area contributed by atoms with Gasteiger partial charge < -0.3 is 5.11 Å². The van der Waals surface area contributed by atoms with Crippen LogP contribution in [0.4, 0.5) is 0 Å². The molecule has 1 aromatic carbocycles. The highest BCUT2D eigenvalue weighted by molar-refractivity contribution is 5.64. The lowest BCUT2D eigenvalue weighted by atomic mass is 10.0. The van der Waals surface area contributed by atoms with Crippen molar-refractivity contribution in [2.24, 2.45) is 0 Å². The van der Waals surface area contributed by atoms with E-state index in [1.165, 1.54) is 11.1 Å². The highest BCUT2D eigenvalue weighted by atomic mass is 16.3. The molecule has 2 aromatic rings. The third-order valence-corrected chi connectivity index (χ3v) is 2.89. The van der Waals surface area contributed by atoms with Gasteiger partial charge in [-0.15, -0.1) is 0 Å².